The number of nitrogens with one attached hydrogen (secondary N) is 1. The number of fused-ring (bicyclic) bond motifs is 3. The van der Waals surface area contributed by atoms with E-state index in [4.69, 9.17) is 4.98 Å². The molecule has 2 unspecified atom stereocenters. The molecule has 2 aliphatic heterocycles. The van der Waals surface area contributed by atoms with Crippen LogP contribution in [0.2, 0.25) is 0 Å². The summed E-state index contributed by atoms with van der Waals surface area (Å²) in [4.78, 5) is 7.35. The lowest BCUT2D eigenvalue weighted by atomic mass is 10.1. The van der Waals surface area contributed by atoms with Gasteiger partial charge < -0.3 is 9.88 Å². The van der Waals surface area contributed by atoms with Crippen molar-refractivity contribution < 1.29 is 0 Å². The Balaban J connectivity index is 1.97. The van der Waals surface area contributed by atoms with Gasteiger partial charge in [-0.15, -0.1) is 0 Å². The van der Waals surface area contributed by atoms with Gasteiger partial charge in [0, 0.05) is 37.6 Å². The molecular formula is C14H24N4. The van der Waals surface area contributed by atoms with E-state index in [0.29, 0.717) is 18.1 Å². The normalized spacial score (nSPS) is 27.8. The van der Waals surface area contributed by atoms with Crippen LogP contribution in [0.4, 0.5) is 5.95 Å². The number of imidazole rings is 1. The lowest BCUT2D eigenvalue weighted by molar-refractivity contribution is 0.194. The van der Waals surface area contributed by atoms with Gasteiger partial charge >= 0.3 is 0 Å². The average molecular weight is 248 g/mol. The van der Waals surface area contributed by atoms with Crippen LogP contribution in [0.5, 0.6) is 0 Å². The quantitative estimate of drug-likeness (QED) is 0.828. The minimum atomic E-state index is 0.539. The van der Waals surface area contributed by atoms with Crippen molar-refractivity contribution in [3.63, 3.8) is 0 Å². The molecule has 100 valence electrons. The molecular weight excluding hydrogens is 224 g/mol. The predicted octanol–water partition coefficient (Wildman–Crippen LogP) is 2.41. The van der Waals surface area contributed by atoms with E-state index < -0.39 is 0 Å². The summed E-state index contributed by atoms with van der Waals surface area (Å²) in [6.07, 6.45) is 2.29. The van der Waals surface area contributed by atoms with E-state index in [9.17, 15) is 0 Å². The Kier molecular flexibility index (Phi) is 2.85. The van der Waals surface area contributed by atoms with Crippen molar-refractivity contribution in [2.75, 3.05) is 11.9 Å². The summed E-state index contributed by atoms with van der Waals surface area (Å²) in [5.41, 5.74) is 2.76. The minimum absolute atomic E-state index is 0.539. The fourth-order valence-corrected chi connectivity index (χ4v) is 3.32. The maximum absolute atomic E-state index is 4.81. The molecule has 1 N–H and O–H groups in total. The fourth-order valence-electron chi connectivity index (χ4n) is 3.32. The second kappa shape index (κ2) is 4.26. The molecule has 0 saturated carbocycles. The van der Waals surface area contributed by atoms with E-state index in [1.54, 1.807) is 0 Å². The highest BCUT2D eigenvalue weighted by Gasteiger charge is 2.30. The first-order valence-electron chi connectivity index (χ1n) is 7.16. The summed E-state index contributed by atoms with van der Waals surface area (Å²) in [5, 5.41) is 3.52. The molecule has 1 aromatic heterocycles. The Hall–Kier alpha value is -1.03. The van der Waals surface area contributed by atoms with Crippen molar-refractivity contribution in [3.05, 3.63) is 11.4 Å². The molecule has 0 radical (unpaired) electrons. The first-order chi connectivity index (χ1) is 8.56. The summed E-state index contributed by atoms with van der Waals surface area (Å²) in [6, 6.07) is 1.73. The van der Waals surface area contributed by atoms with Crippen LogP contribution in [0.3, 0.4) is 0 Å². The topological polar surface area (TPSA) is 33.1 Å². The van der Waals surface area contributed by atoms with Crippen molar-refractivity contribution in [2.24, 2.45) is 0 Å². The van der Waals surface area contributed by atoms with Crippen molar-refractivity contribution in [3.8, 4) is 0 Å². The van der Waals surface area contributed by atoms with Gasteiger partial charge in [-0.1, -0.05) is 0 Å². The van der Waals surface area contributed by atoms with Gasteiger partial charge in [0.25, 0.3) is 0 Å². The summed E-state index contributed by atoms with van der Waals surface area (Å²) < 4.78 is 2.43. The van der Waals surface area contributed by atoms with Gasteiger partial charge in [-0.25, -0.2) is 4.98 Å². The Morgan fingerprint density at radius 1 is 1.33 bits per heavy atom. The molecule has 4 heteroatoms. The first kappa shape index (κ1) is 12.0. The molecule has 0 fully saturated rings. The Bertz CT molecular complexity index is 449. The molecule has 0 saturated heterocycles. The van der Waals surface area contributed by atoms with Gasteiger partial charge in [-0.2, -0.15) is 0 Å². The molecule has 0 spiro atoms. The number of rotatable bonds is 1. The molecule has 18 heavy (non-hydrogen) atoms. The third-order valence-electron chi connectivity index (χ3n) is 4.32. The van der Waals surface area contributed by atoms with E-state index in [1.165, 1.54) is 17.8 Å². The molecule has 3 rings (SSSR count). The summed E-state index contributed by atoms with van der Waals surface area (Å²) in [5.74, 6) is 1.09. The molecule has 0 bridgehead atoms. The van der Waals surface area contributed by atoms with E-state index in [-0.39, 0.29) is 0 Å². The van der Waals surface area contributed by atoms with Crippen LogP contribution in [0.25, 0.3) is 0 Å². The molecule has 0 aromatic carbocycles. The van der Waals surface area contributed by atoms with E-state index in [2.05, 4.69) is 42.5 Å². The van der Waals surface area contributed by atoms with Gasteiger partial charge in [-0.05, 0) is 34.1 Å². The molecule has 0 amide bonds. The highest BCUT2D eigenvalue weighted by molar-refractivity contribution is 5.39. The van der Waals surface area contributed by atoms with Gasteiger partial charge in [0.15, 0.2) is 0 Å². The summed E-state index contributed by atoms with van der Waals surface area (Å²) in [6.45, 7) is 11.3. The maximum Gasteiger partial charge on any atom is 0.203 e. The van der Waals surface area contributed by atoms with Crippen LogP contribution >= 0.6 is 0 Å². The van der Waals surface area contributed by atoms with Crippen molar-refractivity contribution in [1.29, 1.82) is 0 Å². The smallest absolute Gasteiger partial charge is 0.203 e. The summed E-state index contributed by atoms with van der Waals surface area (Å²) in [7, 11) is 0. The number of hydrogen-bond acceptors (Lipinski definition) is 3. The predicted molar refractivity (Wildman–Crippen MR) is 73.9 cm³/mol. The van der Waals surface area contributed by atoms with E-state index >= 15 is 0 Å². The zero-order valence-electron chi connectivity index (χ0n) is 11.9. The highest BCUT2D eigenvalue weighted by atomic mass is 15.3. The Morgan fingerprint density at radius 3 is 2.83 bits per heavy atom. The zero-order valence-corrected chi connectivity index (χ0v) is 11.9. The summed E-state index contributed by atoms with van der Waals surface area (Å²) >= 11 is 0. The largest absolute Gasteiger partial charge is 0.353 e. The van der Waals surface area contributed by atoms with Crippen molar-refractivity contribution >= 4 is 5.95 Å². The number of hydrogen-bond donors (Lipinski definition) is 1. The first-order valence-corrected chi connectivity index (χ1v) is 7.16. The molecule has 1 aromatic rings. The standard InChI is InChI=1S/C14H24N4/c1-9(2)17-6-5-12-13(8-17)18-11(4)7-10(3)15-14(18)16-12/h9-11H,5-8H2,1-4H3,(H,15,16). The molecule has 0 aliphatic carbocycles. The van der Waals surface area contributed by atoms with Gasteiger partial charge in [0.2, 0.25) is 5.95 Å². The lowest BCUT2D eigenvalue weighted by Gasteiger charge is -2.34. The number of nitrogens with zero attached hydrogens (tertiary/aromatic N) is 3. The SMILES string of the molecule is CC1CC(C)n2c(nc3c2CN(C(C)C)CC3)N1. The molecule has 3 heterocycles. The van der Waals surface area contributed by atoms with Crippen LogP contribution in [-0.2, 0) is 13.0 Å². The molecule has 2 atom stereocenters. The van der Waals surface area contributed by atoms with Crippen molar-refractivity contribution in [1.82, 2.24) is 14.5 Å². The Labute approximate surface area is 109 Å². The second-order valence-electron chi connectivity index (χ2n) is 6.14. The number of aromatic nitrogens is 2. The van der Waals surface area contributed by atoms with E-state index in [0.717, 1.165) is 25.5 Å². The lowest BCUT2D eigenvalue weighted by Crippen LogP contribution is -2.37. The monoisotopic (exact) mass is 248 g/mol. The van der Waals surface area contributed by atoms with E-state index in [1.807, 2.05) is 0 Å². The molecule has 4 nitrogen and oxygen atoms in total. The number of anilines is 1. The van der Waals surface area contributed by atoms with Gasteiger partial charge in [0.1, 0.15) is 0 Å². The average Bonchev–Trinajstić information content (AvgIpc) is 2.65. The minimum Gasteiger partial charge on any atom is -0.353 e. The maximum atomic E-state index is 4.81. The highest BCUT2D eigenvalue weighted by Crippen LogP contribution is 2.33. The van der Waals surface area contributed by atoms with Gasteiger partial charge in [0.05, 0.1) is 11.4 Å². The molecule has 2 aliphatic rings. The van der Waals surface area contributed by atoms with Crippen LogP contribution < -0.4 is 5.32 Å². The fraction of sp³-hybridized carbons (Fsp3) is 0.786. The third kappa shape index (κ3) is 1.83. The van der Waals surface area contributed by atoms with Gasteiger partial charge in [-0.3, -0.25) is 4.90 Å². The van der Waals surface area contributed by atoms with Crippen LogP contribution in [-0.4, -0.2) is 33.1 Å². The third-order valence-corrected chi connectivity index (χ3v) is 4.32. The van der Waals surface area contributed by atoms with Crippen LogP contribution in [0, 0.1) is 0 Å². The zero-order chi connectivity index (χ0) is 12.9. The van der Waals surface area contributed by atoms with Crippen molar-refractivity contribution in [2.45, 2.75) is 65.2 Å². The van der Waals surface area contributed by atoms with Crippen LogP contribution in [0.1, 0.15) is 51.5 Å². The Morgan fingerprint density at radius 2 is 2.11 bits per heavy atom. The second-order valence-corrected chi connectivity index (χ2v) is 6.14. The van der Waals surface area contributed by atoms with Crippen LogP contribution in [0.15, 0.2) is 0 Å².